The van der Waals surface area contributed by atoms with Crippen molar-refractivity contribution >= 4 is 11.6 Å². The van der Waals surface area contributed by atoms with Crippen LogP contribution < -0.4 is 4.74 Å². The van der Waals surface area contributed by atoms with Crippen LogP contribution in [-0.2, 0) is 11.2 Å². The second kappa shape index (κ2) is 7.76. The molecule has 0 aliphatic carbocycles. The number of rotatable bonds is 8. The molecule has 0 bridgehead atoms. The molecule has 0 saturated heterocycles. The molecule has 0 N–H and O–H groups in total. The lowest BCUT2D eigenvalue weighted by Gasteiger charge is -2.25. The monoisotopic (exact) mass is 284 g/mol. The summed E-state index contributed by atoms with van der Waals surface area (Å²) in [6.45, 7) is 4.23. The van der Waals surface area contributed by atoms with Crippen LogP contribution >= 0.6 is 11.6 Å². The summed E-state index contributed by atoms with van der Waals surface area (Å²) < 4.78 is 10.7. The van der Waals surface area contributed by atoms with E-state index in [1.54, 1.807) is 14.2 Å². The molecular weight excluding hydrogens is 260 g/mol. The van der Waals surface area contributed by atoms with E-state index in [4.69, 9.17) is 21.1 Å². The third kappa shape index (κ3) is 5.84. The molecule has 2 nitrogen and oxygen atoms in total. The quantitative estimate of drug-likeness (QED) is 0.663. The summed E-state index contributed by atoms with van der Waals surface area (Å²) in [4.78, 5) is 0. The van der Waals surface area contributed by atoms with Gasteiger partial charge in [0.05, 0.1) is 12.7 Å². The van der Waals surface area contributed by atoms with Crippen molar-refractivity contribution in [1.29, 1.82) is 0 Å². The maximum atomic E-state index is 6.09. The number of hydrogen-bond donors (Lipinski definition) is 0. The van der Waals surface area contributed by atoms with Gasteiger partial charge < -0.3 is 9.47 Å². The first kappa shape index (κ1) is 16.3. The molecule has 1 rings (SSSR count). The smallest absolute Gasteiger partial charge is 0.119 e. The van der Waals surface area contributed by atoms with Crippen LogP contribution in [0.25, 0.3) is 0 Å². The Morgan fingerprint density at radius 3 is 2.58 bits per heavy atom. The van der Waals surface area contributed by atoms with Gasteiger partial charge in [-0.1, -0.05) is 12.1 Å². The molecule has 0 amide bonds. The van der Waals surface area contributed by atoms with Gasteiger partial charge in [-0.3, -0.25) is 0 Å². The molecule has 0 radical (unpaired) electrons. The minimum atomic E-state index is -0.0707. The van der Waals surface area contributed by atoms with Gasteiger partial charge in [0.2, 0.25) is 0 Å². The maximum Gasteiger partial charge on any atom is 0.119 e. The highest BCUT2D eigenvalue weighted by Crippen LogP contribution is 2.24. The molecule has 19 heavy (non-hydrogen) atoms. The van der Waals surface area contributed by atoms with E-state index in [1.165, 1.54) is 5.56 Å². The second-order valence-corrected chi connectivity index (χ2v) is 5.89. The molecule has 3 heteroatoms. The van der Waals surface area contributed by atoms with Crippen molar-refractivity contribution < 1.29 is 9.47 Å². The molecule has 0 aromatic heterocycles. The van der Waals surface area contributed by atoms with Crippen molar-refractivity contribution in [3.8, 4) is 5.75 Å². The minimum absolute atomic E-state index is 0.0707. The molecular formula is C16H25ClO2. The number of benzene rings is 1. The van der Waals surface area contributed by atoms with Gasteiger partial charge in [0.25, 0.3) is 0 Å². The van der Waals surface area contributed by atoms with Gasteiger partial charge in [0, 0.05) is 13.0 Å². The summed E-state index contributed by atoms with van der Waals surface area (Å²) in [6, 6.07) is 8.20. The number of alkyl halides is 1. The standard InChI is InChI=1S/C16H25ClO2/c1-16(2,19-4)9-8-14(12-17)10-13-6-5-7-15(11-13)18-3/h5-7,11,14H,8-10,12H2,1-4H3. The average molecular weight is 285 g/mol. The topological polar surface area (TPSA) is 18.5 Å². The van der Waals surface area contributed by atoms with Crippen molar-refractivity contribution in [2.45, 2.75) is 38.7 Å². The van der Waals surface area contributed by atoms with Gasteiger partial charge in [0.1, 0.15) is 5.75 Å². The van der Waals surface area contributed by atoms with Gasteiger partial charge in [0.15, 0.2) is 0 Å². The van der Waals surface area contributed by atoms with Crippen molar-refractivity contribution in [1.82, 2.24) is 0 Å². The summed E-state index contributed by atoms with van der Waals surface area (Å²) >= 11 is 6.09. The highest BCUT2D eigenvalue weighted by Gasteiger charge is 2.19. The van der Waals surface area contributed by atoms with Crippen LogP contribution in [0.1, 0.15) is 32.3 Å². The van der Waals surface area contributed by atoms with Gasteiger partial charge in [-0.05, 0) is 56.7 Å². The molecule has 108 valence electrons. The zero-order valence-electron chi connectivity index (χ0n) is 12.4. The minimum Gasteiger partial charge on any atom is -0.497 e. The Kier molecular flexibility index (Phi) is 6.67. The Morgan fingerprint density at radius 1 is 1.26 bits per heavy atom. The fraction of sp³-hybridized carbons (Fsp3) is 0.625. The highest BCUT2D eigenvalue weighted by atomic mass is 35.5. The molecule has 1 atom stereocenters. The van der Waals surface area contributed by atoms with Crippen LogP contribution in [0.4, 0.5) is 0 Å². The molecule has 0 spiro atoms. The summed E-state index contributed by atoms with van der Waals surface area (Å²) in [5, 5.41) is 0. The normalized spacial score (nSPS) is 13.3. The Bertz CT molecular complexity index is 377. The Labute approximate surface area is 122 Å². The fourth-order valence-electron chi connectivity index (χ4n) is 2.02. The number of hydrogen-bond acceptors (Lipinski definition) is 2. The van der Waals surface area contributed by atoms with Crippen molar-refractivity contribution in [2.24, 2.45) is 5.92 Å². The van der Waals surface area contributed by atoms with Gasteiger partial charge in [-0.15, -0.1) is 11.6 Å². The molecule has 1 aromatic rings. The Hall–Kier alpha value is -0.730. The Balaban J connectivity index is 2.56. The van der Waals surface area contributed by atoms with Crippen LogP contribution in [0, 0.1) is 5.92 Å². The first-order valence-corrected chi connectivity index (χ1v) is 7.28. The highest BCUT2D eigenvalue weighted by molar-refractivity contribution is 6.18. The molecule has 0 aliphatic heterocycles. The molecule has 1 aromatic carbocycles. The lowest BCUT2D eigenvalue weighted by atomic mass is 9.91. The fourth-order valence-corrected chi connectivity index (χ4v) is 2.28. The lowest BCUT2D eigenvalue weighted by Crippen LogP contribution is -2.24. The lowest BCUT2D eigenvalue weighted by molar-refractivity contribution is 0.0110. The van der Waals surface area contributed by atoms with E-state index in [-0.39, 0.29) is 5.60 Å². The summed E-state index contributed by atoms with van der Waals surface area (Å²) in [5.41, 5.74) is 1.21. The SMILES string of the molecule is COc1cccc(CC(CCl)CCC(C)(C)OC)c1. The van der Waals surface area contributed by atoms with Gasteiger partial charge in [-0.25, -0.2) is 0 Å². The van der Waals surface area contributed by atoms with Crippen molar-refractivity contribution in [3.63, 3.8) is 0 Å². The summed E-state index contributed by atoms with van der Waals surface area (Å²) in [7, 11) is 3.46. The number of ether oxygens (including phenoxy) is 2. The number of halogens is 1. The maximum absolute atomic E-state index is 6.09. The predicted octanol–water partition coefficient (Wildman–Crippen LogP) is 4.30. The first-order valence-electron chi connectivity index (χ1n) is 6.75. The van der Waals surface area contributed by atoms with Crippen LogP contribution in [0.5, 0.6) is 5.75 Å². The third-order valence-electron chi connectivity index (χ3n) is 3.58. The second-order valence-electron chi connectivity index (χ2n) is 5.58. The van der Waals surface area contributed by atoms with E-state index in [0.29, 0.717) is 11.8 Å². The largest absolute Gasteiger partial charge is 0.497 e. The zero-order chi connectivity index (χ0) is 14.3. The van der Waals surface area contributed by atoms with Crippen molar-refractivity contribution in [3.05, 3.63) is 29.8 Å². The van der Waals surface area contributed by atoms with Crippen LogP contribution in [0.15, 0.2) is 24.3 Å². The first-order chi connectivity index (χ1) is 9.00. The summed E-state index contributed by atoms with van der Waals surface area (Å²) in [5.74, 6) is 2.06. The van der Waals surface area contributed by atoms with E-state index < -0.39 is 0 Å². The molecule has 1 unspecified atom stereocenters. The molecule has 0 fully saturated rings. The van der Waals surface area contributed by atoms with Crippen molar-refractivity contribution in [2.75, 3.05) is 20.1 Å². The average Bonchev–Trinajstić information content (AvgIpc) is 2.43. The number of methoxy groups -OCH3 is 2. The van der Waals surface area contributed by atoms with Crippen LogP contribution in [0.3, 0.4) is 0 Å². The van der Waals surface area contributed by atoms with E-state index in [9.17, 15) is 0 Å². The summed E-state index contributed by atoms with van der Waals surface area (Å²) in [6.07, 6.45) is 3.08. The van der Waals surface area contributed by atoms with E-state index in [1.807, 2.05) is 12.1 Å². The van der Waals surface area contributed by atoms with Crippen LogP contribution in [0.2, 0.25) is 0 Å². The van der Waals surface area contributed by atoms with Crippen LogP contribution in [-0.4, -0.2) is 25.7 Å². The van der Waals surface area contributed by atoms with E-state index in [0.717, 1.165) is 25.0 Å². The molecule has 0 aliphatic rings. The molecule has 0 saturated carbocycles. The predicted molar refractivity (Wildman–Crippen MR) is 81.2 cm³/mol. The van der Waals surface area contributed by atoms with E-state index in [2.05, 4.69) is 26.0 Å². The molecule has 0 heterocycles. The van der Waals surface area contributed by atoms with Gasteiger partial charge in [-0.2, -0.15) is 0 Å². The van der Waals surface area contributed by atoms with Gasteiger partial charge >= 0.3 is 0 Å². The third-order valence-corrected chi connectivity index (χ3v) is 4.02. The zero-order valence-corrected chi connectivity index (χ0v) is 13.2. The van der Waals surface area contributed by atoms with E-state index >= 15 is 0 Å². The Morgan fingerprint density at radius 2 is 2.00 bits per heavy atom.